The van der Waals surface area contributed by atoms with E-state index in [0.717, 1.165) is 0 Å². The molecular weight excluding hydrogens is 423 g/mol. The highest BCUT2D eigenvalue weighted by molar-refractivity contribution is 6.38. The maximum atomic E-state index is 12.4. The molecule has 0 saturated carbocycles. The van der Waals surface area contributed by atoms with Crippen molar-refractivity contribution in [1.29, 1.82) is 0 Å². The zero-order valence-electron chi connectivity index (χ0n) is 15.5. The van der Waals surface area contributed by atoms with Gasteiger partial charge in [-0.2, -0.15) is 10.2 Å². The number of amides is 2. The molecule has 0 heterocycles. The molecule has 150 valence electrons. The minimum atomic E-state index is -0.470. The largest absolute Gasteiger partial charge is 0.272 e. The van der Waals surface area contributed by atoms with Crippen molar-refractivity contribution in [3.8, 4) is 0 Å². The van der Waals surface area contributed by atoms with Crippen molar-refractivity contribution in [2.45, 2.75) is 0 Å². The third-order valence-electron chi connectivity index (χ3n) is 3.94. The van der Waals surface area contributed by atoms with Gasteiger partial charge in [-0.1, -0.05) is 77.8 Å². The Kier molecular flexibility index (Phi) is 7.32. The van der Waals surface area contributed by atoms with Crippen LogP contribution in [0, 0.1) is 0 Å². The minimum Gasteiger partial charge on any atom is -0.267 e. The highest BCUT2D eigenvalue weighted by Gasteiger charge is 2.10. The van der Waals surface area contributed by atoms with Gasteiger partial charge in [0.05, 0.1) is 27.4 Å². The molecule has 0 aliphatic rings. The lowest BCUT2D eigenvalue weighted by Crippen LogP contribution is -2.22. The van der Waals surface area contributed by atoms with Crippen LogP contribution in [-0.4, -0.2) is 23.7 Å². The van der Waals surface area contributed by atoms with Gasteiger partial charge < -0.3 is 0 Å². The maximum Gasteiger partial charge on any atom is 0.272 e. The van der Waals surface area contributed by atoms with Gasteiger partial charge in [0, 0.05) is 5.56 Å². The van der Waals surface area contributed by atoms with Crippen LogP contribution < -0.4 is 10.9 Å². The Morgan fingerprint density at radius 3 is 1.77 bits per heavy atom. The highest BCUT2D eigenvalue weighted by Crippen LogP contribution is 2.15. The van der Waals surface area contributed by atoms with Gasteiger partial charge in [0.25, 0.3) is 11.8 Å². The molecule has 2 amide bonds. The monoisotopic (exact) mass is 438 g/mol. The fourth-order valence-electron chi connectivity index (χ4n) is 2.45. The number of carbonyl (C=O) groups is 2. The van der Waals surface area contributed by atoms with Crippen molar-refractivity contribution in [1.82, 2.24) is 10.9 Å². The summed E-state index contributed by atoms with van der Waals surface area (Å²) in [6, 6.07) is 22.3. The fourth-order valence-corrected chi connectivity index (χ4v) is 2.89. The molecule has 0 saturated heterocycles. The predicted octanol–water partition coefficient (Wildman–Crippen LogP) is 4.54. The molecule has 6 nitrogen and oxygen atoms in total. The molecule has 0 radical (unpaired) electrons. The van der Waals surface area contributed by atoms with E-state index in [1.807, 2.05) is 18.2 Å². The predicted molar refractivity (Wildman–Crippen MR) is 119 cm³/mol. The molecule has 0 bridgehead atoms. The summed E-state index contributed by atoms with van der Waals surface area (Å²) in [6.45, 7) is 0. The SMILES string of the molecule is O=C(N/N=C\C(=N\NC(=O)c1ccccc1Cl)c1ccccc1)c1ccccc1Cl. The van der Waals surface area contributed by atoms with Crippen molar-refractivity contribution in [3.05, 3.63) is 106 Å². The number of hydrogen-bond donors (Lipinski definition) is 2. The summed E-state index contributed by atoms with van der Waals surface area (Å²) in [5.41, 5.74) is 6.46. The Balaban J connectivity index is 1.78. The number of halogens is 2. The summed E-state index contributed by atoms with van der Waals surface area (Å²) in [7, 11) is 0. The average Bonchev–Trinajstić information content (AvgIpc) is 2.77. The van der Waals surface area contributed by atoms with E-state index in [9.17, 15) is 9.59 Å². The Hall–Kier alpha value is -3.48. The van der Waals surface area contributed by atoms with E-state index in [-0.39, 0.29) is 0 Å². The van der Waals surface area contributed by atoms with Crippen molar-refractivity contribution < 1.29 is 9.59 Å². The van der Waals surface area contributed by atoms with E-state index in [1.54, 1.807) is 60.7 Å². The summed E-state index contributed by atoms with van der Waals surface area (Å²) < 4.78 is 0. The number of hydrazone groups is 2. The summed E-state index contributed by atoms with van der Waals surface area (Å²) in [5.74, 6) is -0.938. The Morgan fingerprint density at radius 2 is 1.20 bits per heavy atom. The minimum absolute atomic E-state index is 0.291. The number of hydrogen-bond acceptors (Lipinski definition) is 4. The third kappa shape index (κ3) is 5.53. The van der Waals surface area contributed by atoms with Gasteiger partial charge in [-0.25, -0.2) is 10.9 Å². The Labute approximate surface area is 183 Å². The second-order valence-electron chi connectivity index (χ2n) is 5.96. The van der Waals surface area contributed by atoms with Crippen molar-refractivity contribution in [2.75, 3.05) is 0 Å². The van der Waals surface area contributed by atoms with Crippen LogP contribution in [0.2, 0.25) is 10.0 Å². The van der Waals surface area contributed by atoms with Crippen LogP contribution in [0.5, 0.6) is 0 Å². The standard InChI is InChI=1S/C22H16Cl2N4O2/c23-18-12-6-4-10-16(18)21(29)27-25-14-20(15-8-2-1-3-9-15)26-28-22(30)17-11-5-7-13-19(17)24/h1-14H,(H,27,29)(H,28,30)/b25-14-,26-20-. The molecule has 30 heavy (non-hydrogen) atoms. The van der Waals surface area contributed by atoms with E-state index in [1.165, 1.54) is 6.21 Å². The molecule has 0 fully saturated rings. The number of rotatable bonds is 6. The fraction of sp³-hybridized carbons (Fsp3) is 0. The quantitative estimate of drug-likeness (QED) is 0.437. The van der Waals surface area contributed by atoms with E-state index in [2.05, 4.69) is 21.1 Å². The van der Waals surface area contributed by atoms with Gasteiger partial charge in [0.2, 0.25) is 0 Å². The first kappa shape index (κ1) is 21.2. The van der Waals surface area contributed by atoms with E-state index in [0.29, 0.717) is 32.4 Å². The summed E-state index contributed by atoms with van der Waals surface area (Å²) >= 11 is 12.1. The average molecular weight is 439 g/mol. The first-order valence-electron chi connectivity index (χ1n) is 8.82. The molecule has 0 atom stereocenters. The second-order valence-corrected chi connectivity index (χ2v) is 6.78. The lowest BCUT2D eigenvalue weighted by atomic mass is 10.1. The van der Waals surface area contributed by atoms with Crippen LogP contribution in [0.4, 0.5) is 0 Å². The van der Waals surface area contributed by atoms with Crippen LogP contribution in [0.3, 0.4) is 0 Å². The molecule has 0 aliphatic heterocycles. The number of nitrogens with zero attached hydrogens (tertiary/aromatic N) is 2. The van der Waals surface area contributed by atoms with Gasteiger partial charge >= 0.3 is 0 Å². The lowest BCUT2D eigenvalue weighted by molar-refractivity contribution is 0.0946. The van der Waals surface area contributed by atoms with Gasteiger partial charge in [0.15, 0.2) is 0 Å². The first-order valence-corrected chi connectivity index (χ1v) is 9.58. The molecule has 3 aromatic carbocycles. The maximum absolute atomic E-state index is 12.4. The zero-order chi connectivity index (χ0) is 21.3. The molecule has 0 spiro atoms. The van der Waals surface area contributed by atoms with Gasteiger partial charge in [-0.15, -0.1) is 0 Å². The molecule has 3 aromatic rings. The Bertz CT molecular complexity index is 1110. The molecule has 8 heteroatoms. The summed E-state index contributed by atoms with van der Waals surface area (Å²) in [4.78, 5) is 24.6. The van der Waals surface area contributed by atoms with Gasteiger partial charge in [-0.3, -0.25) is 9.59 Å². The zero-order valence-corrected chi connectivity index (χ0v) is 17.1. The van der Waals surface area contributed by atoms with Crippen molar-refractivity contribution in [2.24, 2.45) is 10.2 Å². The summed E-state index contributed by atoms with van der Waals surface area (Å²) in [5, 5.41) is 8.70. The van der Waals surface area contributed by atoms with Crippen molar-refractivity contribution in [3.63, 3.8) is 0 Å². The molecule has 0 aromatic heterocycles. The number of benzene rings is 3. The van der Waals surface area contributed by atoms with Gasteiger partial charge in [0.1, 0.15) is 5.71 Å². The molecule has 0 aliphatic carbocycles. The van der Waals surface area contributed by atoms with Gasteiger partial charge in [-0.05, 0) is 24.3 Å². The molecule has 2 N–H and O–H groups in total. The van der Waals surface area contributed by atoms with E-state index < -0.39 is 11.8 Å². The lowest BCUT2D eigenvalue weighted by Gasteiger charge is -2.05. The third-order valence-corrected chi connectivity index (χ3v) is 4.60. The smallest absolute Gasteiger partial charge is 0.267 e. The number of carbonyl (C=O) groups excluding carboxylic acids is 2. The van der Waals surface area contributed by atoms with Crippen LogP contribution in [0.1, 0.15) is 26.3 Å². The molecule has 0 unspecified atom stereocenters. The second kappa shape index (κ2) is 10.3. The van der Waals surface area contributed by atoms with E-state index >= 15 is 0 Å². The highest BCUT2D eigenvalue weighted by atomic mass is 35.5. The Morgan fingerprint density at radius 1 is 0.700 bits per heavy atom. The summed E-state index contributed by atoms with van der Waals surface area (Å²) in [6.07, 6.45) is 1.33. The van der Waals surface area contributed by atoms with E-state index in [4.69, 9.17) is 23.2 Å². The normalized spacial score (nSPS) is 11.3. The van der Waals surface area contributed by atoms with Crippen molar-refractivity contribution >= 4 is 46.9 Å². The molecule has 3 rings (SSSR count). The number of nitrogens with one attached hydrogen (secondary N) is 2. The first-order chi connectivity index (χ1) is 14.6. The van der Waals surface area contributed by atoms with Crippen LogP contribution >= 0.6 is 23.2 Å². The van der Waals surface area contributed by atoms with Crippen LogP contribution in [-0.2, 0) is 0 Å². The topological polar surface area (TPSA) is 82.9 Å². The molecular formula is C22H16Cl2N4O2. The van der Waals surface area contributed by atoms with Crippen LogP contribution in [0.25, 0.3) is 0 Å². The van der Waals surface area contributed by atoms with Crippen LogP contribution in [0.15, 0.2) is 89.1 Å².